The molecule has 0 N–H and O–H groups in total. The molecule has 8 aromatic rings. The molecule has 12 heteroatoms. The van der Waals surface area contributed by atoms with Gasteiger partial charge in [0.15, 0.2) is 0 Å². The van der Waals surface area contributed by atoms with Crippen LogP contribution in [0.5, 0.6) is 0 Å². The Labute approximate surface area is 733 Å². The summed E-state index contributed by atoms with van der Waals surface area (Å²) in [5.41, 5.74) is 6.30. The third-order valence-corrected chi connectivity index (χ3v) is 36.8. The maximum atomic E-state index is 15.8. The number of nitrogens with zero attached hydrogens (tertiary/aromatic N) is 2. The van der Waals surface area contributed by atoms with Crippen LogP contribution in [0.1, 0.15) is 429 Å². The first kappa shape index (κ1) is 94.1. The lowest BCUT2D eigenvalue weighted by atomic mass is 9.95. The minimum atomic E-state index is -0.0494. The summed E-state index contributed by atoms with van der Waals surface area (Å²) in [5, 5.41) is 0. The maximum absolute atomic E-state index is 15.8. The molecule has 0 aliphatic carbocycles. The number of aryl methyl sites for hydroxylation is 2. The minimum Gasteiger partial charge on any atom is -0.306 e. The topological polar surface area (TPSA) is 40.6 Å². The molecule has 2 amide bonds. The minimum absolute atomic E-state index is 0.0224. The molecule has 638 valence electrons. The Bertz CT molecular complexity index is 4230. The van der Waals surface area contributed by atoms with E-state index in [2.05, 4.69) is 201 Å². The molecule has 2 aliphatic heterocycles. The molecule has 0 saturated carbocycles. The Morgan fingerprint density at radius 2 is 0.548 bits per heavy atom. The summed E-state index contributed by atoms with van der Waals surface area (Å²) in [7, 11) is 0. The van der Waals surface area contributed by atoms with E-state index in [9.17, 15) is 0 Å². The molecule has 0 fully saturated rings. The molecule has 2 aliphatic rings. The highest BCUT2D eigenvalue weighted by atomic mass is 32.1. The molecule has 8 aromatic heterocycles. The van der Waals surface area contributed by atoms with Crippen molar-refractivity contribution < 1.29 is 9.59 Å². The second-order valence-electron chi connectivity index (χ2n) is 38.3. The highest BCUT2D eigenvalue weighted by Gasteiger charge is 2.49. The van der Waals surface area contributed by atoms with E-state index >= 15 is 9.59 Å². The molecule has 0 radical (unpaired) electrons. The lowest BCUT2D eigenvalue weighted by Gasteiger charge is -2.24. The SMILES string of the molecule is CCCCCCCCC(C)CCCCCCCCc1c(-c2ccc(-c3ccc(C4=C5C(=O)N(CCCCCCCC(C)CCCCCCCC)C(c6ccc(C(C)(C)C)s6)=C5C(=O)N4CCCCCCCC(C)CCCCCCCC)s3)s2)sc2c1sc1c3sc(-c4ccc(C(C)(C)C)s4)c(CCCCCCCCC(C)C)c3sc21. The average Bonchev–Trinajstić information content (AvgIpc) is 1.56. The van der Waals surface area contributed by atoms with Crippen molar-refractivity contribution in [3.8, 4) is 29.3 Å². The first-order chi connectivity index (χ1) is 55.7. The van der Waals surface area contributed by atoms with Gasteiger partial charge in [-0.25, -0.2) is 0 Å². The fourth-order valence-electron chi connectivity index (χ4n) is 18.0. The fourth-order valence-corrected chi connectivity index (χ4v) is 28.9. The normalized spacial score (nSPS) is 14.6. The van der Waals surface area contributed by atoms with Gasteiger partial charge in [-0.2, -0.15) is 0 Å². The number of hydrogen-bond acceptors (Lipinski definition) is 10. The number of amides is 2. The van der Waals surface area contributed by atoms with E-state index in [4.69, 9.17) is 0 Å². The zero-order chi connectivity index (χ0) is 81.7. The molecule has 0 saturated heterocycles. The van der Waals surface area contributed by atoms with Gasteiger partial charge < -0.3 is 9.80 Å². The Kier molecular flexibility index (Phi) is 39.7. The Balaban J connectivity index is 0.922. The summed E-state index contributed by atoms with van der Waals surface area (Å²) in [6.07, 6.45) is 64.1. The zero-order valence-corrected chi connectivity index (χ0v) is 81.5. The predicted molar refractivity (Wildman–Crippen MR) is 523 cm³/mol. The van der Waals surface area contributed by atoms with E-state index in [0.717, 1.165) is 83.3 Å². The molecular weight excluding hydrogens is 1550 g/mol. The molecule has 10 rings (SSSR count). The van der Waals surface area contributed by atoms with Crippen molar-refractivity contribution in [3.05, 3.63) is 90.3 Å². The molecule has 3 unspecified atom stereocenters. The second-order valence-corrected chi connectivity index (χ2v) is 46.7. The first-order valence-electron chi connectivity index (χ1n) is 47.7. The molecule has 0 bridgehead atoms. The fraction of sp³-hybridized carbons (Fsp3) is 0.689. The van der Waals surface area contributed by atoms with Crippen molar-refractivity contribution in [2.24, 2.45) is 23.7 Å². The number of fused-ring (bicyclic) bond motifs is 6. The van der Waals surface area contributed by atoms with Crippen LogP contribution in [0.3, 0.4) is 0 Å². The summed E-state index contributed by atoms with van der Waals surface area (Å²) >= 11 is 16.0. The summed E-state index contributed by atoms with van der Waals surface area (Å²) < 4.78 is 9.22. The van der Waals surface area contributed by atoms with Crippen molar-refractivity contribution in [1.82, 2.24) is 9.80 Å². The van der Waals surface area contributed by atoms with Gasteiger partial charge >= 0.3 is 0 Å². The highest BCUT2D eigenvalue weighted by molar-refractivity contribution is 7.46. The van der Waals surface area contributed by atoms with Crippen LogP contribution in [-0.2, 0) is 33.3 Å². The van der Waals surface area contributed by atoms with Crippen LogP contribution in [0.15, 0.2) is 59.7 Å². The van der Waals surface area contributed by atoms with Crippen molar-refractivity contribution in [2.75, 3.05) is 13.1 Å². The molecule has 0 aromatic carbocycles. The van der Waals surface area contributed by atoms with Gasteiger partial charge in [-0.05, 0) is 133 Å². The van der Waals surface area contributed by atoms with Gasteiger partial charge in [-0.3, -0.25) is 9.59 Å². The molecule has 0 spiro atoms. The van der Waals surface area contributed by atoms with Crippen LogP contribution >= 0.6 is 90.7 Å². The molecular formula is C103H156N2O2S8. The molecule has 10 heterocycles. The number of rotatable bonds is 60. The number of hydrogen-bond donors (Lipinski definition) is 0. The largest absolute Gasteiger partial charge is 0.306 e. The number of carbonyl (C=O) groups is 2. The van der Waals surface area contributed by atoms with Gasteiger partial charge in [-0.1, -0.05) is 373 Å². The van der Waals surface area contributed by atoms with Gasteiger partial charge in [0.2, 0.25) is 0 Å². The molecule has 115 heavy (non-hydrogen) atoms. The van der Waals surface area contributed by atoms with Crippen LogP contribution < -0.4 is 0 Å². The summed E-state index contributed by atoms with van der Waals surface area (Å²) in [6, 6.07) is 18.8. The standard InChI is InChI=1S/C103H156N2O2S8/c1-15-18-21-24-34-45-56-75(6)59-48-37-28-30-41-51-62-78-92(112-96-94(78)114-99-97-95(115-98(96)99)79(63-52-40-29-27-33-44-55-74(4)5)93(113-97)85-69-71-87(111-85)103(12,13)14)84-67-65-81(109-84)80-64-66-82(108-80)90-88-89(101(107)104(90)72-53-42-31-38-49-60-76(7)57-46-35-25-22-19-16-2)91(83-68-70-86(110-83)102(9,10)11)105(100(88)106)73-54-43-32-39-50-61-77(8)58-47-36-26-23-20-17-3/h64-71,74-77H,15-63,72-73H2,1-14H3. The Morgan fingerprint density at radius 3 is 0.904 bits per heavy atom. The smallest absolute Gasteiger partial charge is 0.261 e. The van der Waals surface area contributed by atoms with Gasteiger partial charge in [0.1, 0.15) is 0 Å². The number of thiophene rings is 8. The third-order valence-electron chi connectivity index (χ3n) is 25.3. The van der Waals surface area contributed by atoms with Gasteiger partial charge in [-0.15, -0.1) is 90.7 Å². The van der Waals surface area contributed by atoms with E-state index in [1.165, 1.54) is 334 Å². The van der Waals surface area contributed by atoms with E-state index in [1.54, 1.807) is 43.2 Å². The van der Waals surface area contributed by atoms with E-state index in [-0.39, 0.29) is 22.6 Å². The molecule has 4 nitrogen and oxygen atoms in total. The van der Waals surface area contributed by atoms with Gasteiger partial charge in [0.25, 0.3) is 11.8 Å². The summed E-state index contributed by atoms with van der Waals surface area (Å²) in [5.74, 6) is 3.29. The lowest BCUT2D eigenvalue weighted by molar-refractivity contribution is -0.124. The number of unbranched alkanes of at least 4 members (excludes halogenated alkanes) is 33. The van der Waals surface area contributed by atoms with Crippen molar-refractivity contribution in [3.63, 3.8) is 0 Å². The monoisotopic (exact) mass is 1710 g/mol. The highest BCUT2D eigenvalue weighted by Crippen LogP contribution is 2.58. The second kappa shape index (κ2) is 48.6. The van der Waals surface area contributed by atoms with Crippen LogP contribution in [0, 0.1) is 23.7 Å². The maximum Gasteiger partial charge on any atom is 0.261 e. The lowest BCUT2D eigenvalue weighted by Crippen LogP contribution is -2.30. The third kappa shape index (κ3) is 27.4. The first-order valence-corrected chi connectivity index (χ1v) is 54.2. The zero-order valence-electron chi connectivity index (χ0n) is 75.0. The number of carbonyl (C=O) groups excluding carboxylic acids is 2. The van der Waals surface area contributed by atoms with E-state index in [0.29, 0.717) is 24.2 Å². The van der Waals surface area contributed by atoms with Crippen LogP contribution in [0.25, 0.3) is 68.9 Å². The van der Waals surface area contributed by atoms with Crippen molar-refractivity contribution >= 4 is 142 Å². The van der Waals surface area contributed by atoms with E-state index in [1.807, 2.05) is 22.7 Å². The van der Waals surface area contributed by atoms with Crippen LogP contribution in [0.4, 0.5) is 0 Å². The van der Waals surface area contributed by atoms with Crippen LogP contribution in [-0.4, -0.2) is 34.7 Å². The predicted octanol–water partition coefficient (Wildman–Crippen LogP) is 37.1. The van der Waals surface area contributed by atoms with Gasteiger partial charge in [0, 0.05) is 52.1 Å². The van der Waals surface area contributed by atoms with Gasteiger partial charge in [0.05, 0.1) is 60.5 Å². The van der Waals surface area contributed by atoms with Crippen molar-refractivity contribution in [2.45, 2.75) is 422 Å². The summed E-state index contributed by atoms with van der Waals surface area (Å²) in [6.45, 7) is 34.4. The summed E-state index contributed by atoms with van der Waals surface area (Å²) in [4.78, 5) is 49.0. The van der Waals surface area contributed by atoms with E-state index < -0.39 is 0 Å². The Hall–Kier alpha value is -3.20. The quantitative estimate of drug-likeness (QED) is 0.0357. The van der Waals surface area contributed by atoms with Crippen LogP contribution in [0.2, 0.25) is 0 Å². The van der Waals surface area contributed by atoms with Crippen molar-refractivity contribution in [1.29, 1.82) is 0 Å². The average molecular weight is 1710 g/mol. The Morgan fingerprint density at radius 1 is 0.278 bits per heavy atom. The molecule has 3 atom stereocenters.